The van der Waals surface area contributed by atoms with E-state index in [2.05, 4.69) is 16.7 Å². The highest BCUT2D eigenvalue weighted by Crippen LogP contribution is 2.25. The monoisotopic (exact) mass is 326 g/mol. The summed E-state index contributed by atoms with van der Waals surface area (Å²) in [6, 6.07) is 5.25. The van der Waals surface area contributed by atoms with E-state index in [4.69, 9.17) is 4.74 Å². The van der Waals surface area contributed by atoms with Gasteiger partial charge in [0, 0.05) is 13.1 Å². The second-order valence-electron chi connectivity index (χ2n) is 6.01. The molecule has 1 fully saturated rings. The van der Waals surface area contributed by atoms with Gasteiger partial charge in [-0.1, -0.05) is 6.07 Å². The lowest BCUT2D eigenvalue weighted by atomic mass is 9.99. The third-order valence-electron chi connectivity index (χ3n) is 3.97. The molecule has 0 spiro atoms. The Hall–Kier alpha value is -1.11. The van der Waals surface area contributed by atoms with Crippen LogP contribution in [0.4, 0.5) is 0 Å². The predicted molar refractivity (Wildman–Crippen MR) is 87.8 cm³/mol. The fourth-order valence-electron chi connectivity index (χ4n) is 2.85. The number of nitrogens with zero attached hydrogens (tertiary/aromatic N) is 1. The SMILES string of the molecule is CCOc1ccc(C)cc1S(=O)(=O)NC[C@@H]1CCCN(C)C1. The largest absolute Gasteiger partial charge is 0.492 e. The third kappa shape index (κ3) is 4.44. The molecule has 0 aliphatic carbocycles. The molecule has 1 aromatic carbocycles. The van der Waals surface area contributed by atoms with Gasteiger partial charge in [0.2, 0.25) is 10.0 Å². The van der Waals surface area contributed by atoms with Crippen LogP contribution in [0.2, 0.25) is 0 Å². The highest BCUT2D eigenvalue weighted by molar-refractivity contribution is 7.89. The first-order valence-corrected chi connectivity index (χ1v) is 9.32. The molecule has 0 saturated carbocycles. The van der Waals surface area contributed by atoms with Crippen LogP contribution >= 0.6 is 0 Å². The number of benzene rings is 1. The third-order valence-corrected chi connectivity index (χ3v) is 5.42. The molecule has 22 heavy (non-hydrogen) atoms. The Morgan fingerprint density at radius 2 is 2.18 bits per heavy atom. The van der Waals surface area contributed by atoms with Crippen LogP contribution in [0.5, 0.6) is 5.75 Å². The highest BCUT2D eigenvalue weighted by Gasteiger charge is 2.23. The van der Waals surface area contributed by atoms with Crippen molar-refractivity contribution in [2.45, 2.75) is 31.6 Å². The number of sulfonamides is 1. The van der Waals surface area contributed by atoms with Crippen molar-refractivity contribution >= 4 is 10.0 Å². The Balaban J connectivity index is 2.11. The van der Waals surface area contributed by atoms with Crippen molar-refractivity contribution in [1.29, 1.82) is 0 Å². The smallest absolute Gasteiger partial charge is 0.244 e. The summed E-state index contributed by atoms with van der Waals surface area (Å²) in [6.45, 7) is 6.68. The Kier molecular flexibility index (Phi) is 5.83. The van der Waals surface area contributed by atoms with Crippen LogP contribution in [0, 0.1) is 12.8 Å². The summed E-state index contributed by atoms with van der Waals surface area (Å²) in [5.41, 5.74) is 0.904. The van der Waals surface area contributed by atoms with Crippen LogP contribution in [-0.4, -0.2) is 46.6 Å². The molecule has 1 aromatic rings. The van der Waals surface area contributed by atoms with Gasteiger partial charge in [-0.15, -0.1) is 0 Å². The van der Waals surface area contributed by atoms with Gasteiger partial charge in [0.25, 0.3) is 0 Å². The minimum absolute atomic E-state index is 0.235. The molecule has 0 aromatic heterocycles. The number of aryl methyl sites for hydroxylation is 1. The lowest BCUT2D eigenvalue weighted by Gasteiger charge is -2.29. The van der Waals surface area contributed by atoms with E-state index in [1.54, 1.807) is 12.1 Å². The molecule has 6 heteroatoms. The fraction of sp³-hybridized carbons (Fsp3) is 0.625. The summed E-state index contributed by atoms with van der Waals surface area (Å²) in [4.78, 5) is 2.49. The second kappa shape index (κ2) is 7.44. The molecule has 1 atom stereocenters. The van der Waals surface area contributed by atoms with E-state index in [0.717, 1.165) is 31.5 Å². The summed E-state index contributed by atoms with van der Waals surface area (Å²) in [7, 11) is -1.47. The summed E-state index contributed by atoms with van der Waals surface area (Å²) in [5.74, 6) is 0.787. The molecule has 2 rings (SSSR count). The summed E-state index contributed by atoms with van der Waals surface area (Å²) < 4.78 is 33.4. The maximum atomic E-state index is 12.6. The number of likely N-dealkylation sites (tertiary alicyclic amines) is 1. The molecule has 0 bridgehead atoms. The predicted octanol–water partition coefficient (Wildman–Crippen LogP) is 2.01. The Labute approximate surface area is 133 Å². The van der Waals surface area contributed by atoms with E-state index in [0.29, 0.717) is 24.8 Å². The number of piperidine rings is 1. The quantitative estimate of drug-likeness (QED) is 0.869. The van der Waals surface area contributed by atoms with E-state index in [1.807, 2.05) is 19.9 Å². The maximum absolute atomic E-state index is 12.6. The van der Waals surface area contributed by atoms with Gasteiger partial charge in [-0.25, -0.2) is 13.1 Å². The van der Waals surface area contributed by atoms with Crippen LogP contribution in [0.15, 0.2) is 23.1 Å². The molecule has 5 nitrogen and oxygen atoms in total. The topological polar surface area (TPSA) is 58.6 Å². The van der Waals surface area contributed by atoms with Crippen molar-refractivity contribution < 1.29 is 13.2 Å². The van der Waals surface area contributed by atoms with Crippen LogP contribution in [0.3, 0.4) is 0 Å². The molecular weight excluding hydrogens is 300 g/mol. The van der Waals surface area contributed by atoms with Crippen molar-refractivity contribution in [3.05, 3.63) is 23.8 Å². The van der Waals surface area contributed by atoms with Gasteiger partial charge in [0.1, 0.15) is 10.6 Å². The molecule has 1 aliphatic heterocycles. The number of ether oxygens (including phenoxy) is 1. The van der Waals surface area contributed by atoms with Gasteiger partial charge in [-0.05, 0) is 63.9 Å². The zero-order chi connectivity index (χ0) is 16.2. The van der Waals surface area contributed by atoms with E-state index >= 15 is 0 Å². The maximum Gasteiger partial charge on any atom is 0.244 e. The average Bonchev–Trinajstić information content (AvgIpc) is 2.47. The summed E-state index contributed by atoms with van der Waals surface area (Å²) in [5, 5.41) is 0. The second-order valence-corrected chi connectivity index (χ2v) is 7.74. The normalized spacial score (nSPS) is 20.0. The van der Waals surface area contributed by atoms with Gasteiger partial charge in [0.05, 0.1) is 6.61 Å². The minimum Gasteiger partial charge on any atom is -0.492 e. The molecule has 1 saturated heterocycles. The standard InChI is InChI=1S/C16H26N2O3S/c1-4-21-15-8-7-13(2)10-16(15)22(19,20)17-11-14-6-5-9-18(3)12-14/h7-8,10,14,17H,4-6,9,11-12H2,1-3H3/t14-/m0/s1. The first kappa shape index (κ1) is 17.2. The highest BCUT2D eigenvalue weighted by atomic mass is 32.2. The van der Waals surface area contributed by atoms with Crippen molar-refractivity contribution in [3.63, 3.8) is 0 Å². The molecule has 0 radical (unpaired) electrons. The molecular formula is C16H26N2O3S. The van der Waals surface area contributed by atoms with Gasteiger partial charge in [0.15, 0.2) is 0 Å². The Bertz CT molecular complexity index is 601. The lowest BCUT2D eigenvalue weighted by Crippen LogP contribution is -2.39. The first-order valence-electron chi connectivity index (χ1n) is 7.84. The van der Waals surface area contributed by atoms with Crippen LogP contribution < -0.4 is 9.46 Å². The number of nitrogens with one attached hydrogen (secondary N) is 1. The van der Waals surface area contributed by atoms with Gasteiger partial charge in [-0.2, -0.15) is 0 Å². The number of rotatable bonds is 6. The van der Waals surface area contributed by atoms with Crippen LogP contribution in [0.1, 0.15) is 25.3 Å². The van der Waals surface area contributed by atoms with Crippen molar-refractivity contribution in [3.8, 4) is 5.75 Å². The van der Waals surface area contributed by atoms with E-state index in [9.17, 15) is 8.42 Å². The molecule has 1 N–H and O–H groups in total. The van der Waals surface area contributed by atoms with Crippen molar-refractivity contribution in [1.82, 2.24) is 9.62 Å². The van der Waals surface area contributed by atoms with E-state index in [-0.39, 0.29) is 4.90 Å². The zero-order valence-electron chi connectivity index (χ0n) is 13.6. The molecule has 1 aliphatic rings. The Morgan fingerprint density at radius 1 is 1.41 bits per heavy atom. The van der Waals surface area contributed by atoms with Gasteiger partial charge in [-0.3, -0.25) is 0 Å². The van der Waals surface area contributed by atoms with Gasteiger partial charge >= 0.3 is 0 Å². The first-order chi connectivity index (χ1) is 10.4. The molecule has 0 amide bonds. The average molecular weight is 326 g/mol. The van der Waals surface area contributed by atoms with E-state index in [1.165, 1.54) is 0 Å². The molecule has 124 valence electrons. The Morgan fingerprint density at radius 3 is 2.86 bits per heavy atom. The summed E-state index contributed by atoms with van der Waals surface area (Å²) >= 11 is 0. The number of hydrogen-bond acceptors (Lipinski definition) is 4. The van der Waals surface area contributed by atoms with E-state index < -0.39 is 10.0 Å². The molecule has 1 heterocycles. The van der Waals surface area contributed by atoms with Crippen LogP contribution in [-0.2, 0) is 10.0 Å². The minimum atomic E-state index is -3.55. The van der Waals surface area contributed by atoms with Crippen molar-refractivity contribution in [2.75, 3.05) is 33.3 Å². The lowest BCUT2D eigenvalue weighted by molar-refractivity contribution is 0.211. The summed E-state index contributed by atoms with van der Waals surface area (Å²) in [6.07, 6.45) is 2.19. The molecule has 0 unspecified atom stereocenters. The van der Waals surface area contributed by atoms with Crippen LogP contribution in [0.25, 0.3) is 0 Å². The van der Waals surface area contributed by atoms with Crippen molar-refractivity contribution in [2.24, 2.45) is 5.92 Å². The van der Waals surface area contributed by atoms with Gasteiger partial charge < -0.3 is 9.64 Å². The zero-order valence-corrected chi connectivity index (χ0v) is 14.4. The number of hydrogen-bond donors (Lipinski definition) is 1. The fourth-order valence-corrected chi connectivity index (χ4v) is 4.19.